The van der Waals surface area contributed by atoms with E-state index in [-0.39, 0.29) is 0 Å². The molecule has 0 radical (unpaired) electrons. The van der Waals surface area contributed by atoms with Crippen LogP contribution >= 0.6 is 15.9 Å². The van der Waals surface area contributed by atoms with Crippen LogP contribution in [-0.2, 0) is 19.4 Å². The van der Waals surface area contributed by atoms with Crippen LogP contribution in [0.3, 0.4) is 0 Å². The highest BCUT2D eigenvalue weighted by Gasteiger charge is 2.16. The number of fused-ring (bicyclic) bond motifs is 1. The van der Waals surface area contributed by atoms with Crippen LogP contribution in [0.2, 0.25) is 0 Å². The first kappa shape index (κ1) is 14.5. The summed E-state index contributed by atoms with van der Waals surface area (Å²) >= 11 is 3.48. The number of aromatic nitrogens is 1. The SMILES string of the molecule is Cc1ccc(Br)cc1Oc1nc2c(cc1CN)CCCC2. The van der Waals surface area contributed by atoms with Gasteiger partial charge in [-0.2, -0.15) is 0 Å². The third-order valence-electron chi connectivity index (χ3n) is 3.92. The van der Waals surface area contributed by atoms with E-state index >= 15 is 0 Å². The van der Waals surface area contributed by atoms with Gasteiger partial charge in [-0.1, -0.05) is 22.0 Å². The van der Waals surface area contributed by atoms with E-state index < -0.39 is 0 Å². The fraction of sp³-hybridized carbons (Fsp3) is 0.353. The number of rotatable bonds is 3. The van der Waals surface area contributed by atoms with Gasteiger partial charge in [-0.3, -0.25) is 0 Å². The van der Waals surface area contributed by atoms with Crippen molar-refractivity contribution in [3.8, 4) is 11.6 Å². The van der Waals surface area contributed by atoms with Gasteiger partial charge in [0, 0.05) is 22.3 Å². The second-order valence-electron chi connectivity index (χ2n) is 5.48. The molecule has 21 heavy (non-hydrogen) atoms. The van der Waals surface area contributed by atoms with Gasteiger partial charge in [0.15, 0.2) is 0 Å². The summed E-state index contributed by atoms with van der Waals surface area (Å²) in [7, 11) is 0. The number of pyridine rings is 1. The molecule has 1 aromatic carbocycles. The molecule has 0 spiro atoms. The minimum absolute atomic E-state index is 0.447. The second kappa shape index (κ2) is 6.16. The van der Waals surface area contributed by atoms with Gasteiger partial charge >= 0.3 is 0 Å². The molecule has 1 aliphatic carbocycles. The standard InChI is InChI=1S/C17H19BrN2O/c1-11-6-7-14(18)9-16(11)21-17-13(10-19)8-12-4-2-3-5-15(12)20-17/h6-9H,2-5,10,19H2,1H3. The van der Waals surface area contributed by atoms with Gasteiger partial charge in [-0.25, -0.2) is 4.98 Å². The predicted molar refractivity (Wildman–Crippen MR) is 87.7 cm³/mol. The van der Waals surface area contributed by atoms with Crippen LogP contribution in [0.15, 0.2) is 28.7 Å². The van der Waals surface area contributed by atoms with Crippen LogP contribution in [0.1, 0.15) is 35.2 Å². The summed E-state index contributed by atoms with van der Waals surface area (Å²) < 4.78 is 7.05. The Kier molecular flexibility index (Phi) is 4.27. The number of benzene rings is 1. The molecule has 4 heteroatoms. The Hall–Kier alpha value is -1.39. The molecule has 0 unspecified atom stereocenters. The number of aryl methyl sites for hydroxylation is 3. The third kappa shape index (κ3) is 3.11. The molecule has 3 nitrogen and oxygen atoms in total. The monoisotopic (exact) mass is 346 g/mol. The fourth-order valence-electron chi connectivity index (χ4n) is 2.68. The lowest BCUT2D eigenvalue weighted by Crippen LogP contribution is -2.10. The van der Waals surface area contributed by atoms with Crippen molar-refractivity contribution in [1.29, 1.82) is 0 Å². The van der Waals surface area contributed by atoms with Gasteiger partial charge in [-0.05, 0) is 61.9 Å². The van der Waals surface area contributed by atoms with Crippen molar-refractivity contribution in [3.63, 3.8) is 0 Å². The average molecular weight is 347 g/mol. The van der Waals surface area contributed by atoms with E-state index in [4.69, 9.17) is 15.5 Å². The summed E-state index contributed by atoms with van der Waals surface area (Å²) in [5.74, 6) is 1.47. The van der Waals surface area contributed by atoms with Crippen molar-refractivity contribution in [2.45, 2.75) is 39.2 Å². The minimum Gasteiger partial charge on any atom is -0.438 e. The number of halogens is 1. The van der Waals surface area contributed by atoms with Gasteiger partial charge in [0.25, 0.3) is 0 Å². The first-order valence-corrected chi connectivity index (χ1v) is 8.12. The summed E-state index contributed by atoms with van der Waals surface area (Å²) in [5.41, 5.74) is 10.4. The molecule has 110 valence electrons. The fourth-order valence-corrected chi connectivity index (χ4v) is 3.03. The Bertz CT molecular complexity index is 670. The zero-order chi connectivity index (χ0) is 14.8. The van der Waals surface area contributed by atoms with Crippen LogP contribution in [0.5, 0.6) is 11.6 Å². The van der Waals surface area contributed by atoms with Crippen molar-refractivity contribution in [1.82, 2.24) is 4.98 Å². The van der Waals surface area contributed by atoms with E-state index in [0.717, 1.165) is 34.2 Å². The minimum atomic E-state index is 0.447. The normalized spacial score (nSPS) is 13.9. The lowest BCUT2D eigenvalue weighted by Gasteiger charge is -2.19. The highest BCUT2D eigenvalue weighted by atomic mass is 79.9. The number of hydrogen-bond acceptors (Lipinski definition) is 3. The topological polar surface area (TPSA) is 48.1 Å². The quantitative estimate of drug-likeness (QED) is 0.901. The zero-order valence-corrected chi connectivity index (χ0v) is 13.7. The Balaban J connectivity index is 1.99. The average Bonchev–Trinajstić information content (AvgIpc) is 2.50. The highest BCUT2D eigenvalue weighted by Crippen LogP contribution is 2.31. The molecule has 0 atom stereocenters. The van der Waals surface area contributed by atoms with Gasteiger partial charge < -0.3 is 10.5 Å². The van der Waals surface area contributed by atoms with Crippen LogP contribution in [-0.4, -0.2) is 4.98 Å². The van der Waals surface area contributed by atoms with Crippen molar-refractivity contribution < 1.29 is 4.74 Å². The molecular formula is C17H19BrN2O. The Morgan fingerprint density at radius 2 is 2.05 bits per heavy atom. The van der Waals surface area contributed by atoms with Crippen molar-refractivity contribution in [3.05, 3.63) is 51.1 Å². The highest BCUT2D eigenvalue weighted by molar-refractivity contribution is 9.10. The van der Waals surface area contributed by atoms with E-state index in [1.54, 1.807) is 0 Å². The molecule has 3 rings (SSSR count). The molecular weight excluding hydrogens is 328 g/mol. The maximum atomic E-state index is 6.06. The lowest BCUT2D eigenvalue weighted by molar-refractivity contribution is 0.447. The maximum Gasteiger partial charge on any atom is 0.223 e. The molecule has 2 N–H and O–H groups in total. The molecule has 0 saturated carbocycles. The van der Waals surface area contributed by atoms with E-state index in [1.165, 1.54) is 24.1 Å². The third-order valence-corrected chi connectivity index (χ3v) is 4.41. The summed E-state index contributed by atoms with van der Waals surface area (Å²) in [6.45, 7) is 2.48. The summed E-state index contributed by atoms with van der Waals surface area (Å²) in [4.78, 5) is 4.73. The predicted octanol–water partition coefficient (Wildman–Crippen LogP) is 4.28. The summed E-state index contributed by atoms with van der Waals surface area (Å²) in [6.07, 6.45) is 4.58. The summed E-state index contributed by atoms with van der Waals surface area (Å²) in [5, 5.41) is 0. The van der Waals surface area contributed by atoms with Crippen LogP contribution < -0.4 is 10.5 Å². The number of hydrogen-bond donors (Lipinski definition) is 1. The molecule has 2 aromatic rings. The first-order valence-electron chi connectivity index (χ1n) is 7.33. The number of ether oxygens (including phenoxy) is 1. The zero-order valence-electron chi connectivity index (χ0n) is 12.2. The second-order valence-corrected chi connectivity index (χ2v) is 6.40. The Morgan fingerprint density at radius 3 is 2.86 bits per heavy atom. The number of nitrogens with two attached hydrogens (primary N) is 1. The van der Waals surface area contributed by atoms with Crippen LogP contribution in [0, 0.1) is 6.92 Å². The Labute approximate surface area is 133 Å². The molecule has 0 fully saturated rings. The van der Waals surface area contributed by atoms with E-state index in [2.05, 4.69) is 22.0 Å². The van der Waals surface area contributed by atoms with Gasteiger partial charge in [0.1, 0.15) is 5.75 Å². The van der Waals surface area contributed by atoms with Crippen LogP contribution in [0.4, 0.5) is 0 Å². The molecule has 1 aromatic heterocycles. The van der Waals surface area contributed by atoms with E-state index in [9.17, 15) is 0 Å². The van der Waals surface area contributed by atoms with Crippen molar-refractivity contribution in [2.75, 3.05) is 0 Å². The van der Waals surface area contributed by atoms with Crippen molar-refractivity contribution >= 4 is 15.9 Å². The first-order chi connectivity index (χ1) is 10.2. The lowest BCUT2D eigenvalue weighted by atomic mass is 9.95. The smallest absolute Gasteiger partial charge is 0.223 e. The summed E-state index contributed by atoms with van der Waals surface area (Å²) in [6, 6.07) is 8.17. The molecule has 1 aliphatic rings. The van der Waals surface area contributed by atoms with E-state index in [1.807, 2.05) is 25.1 Å². The Morgan fingerprint density at radius 1 is 1.24 bits per heavy atom. The van der Waals surface area contributed by atoms with Gasteiger partial charge in [0.05, 0.1) is 0 Å². The maximum absolute atomic E-state index is 6.06. The van der Waals surface area contributed by atoms with Gasteiger partial charge in [-0.15, -0.1) is 0 Å². The molecule has 0 amide bonds. The number of nitrogens with zero attached hydrogens (tertiary/aromatic N) is 1. The molecule has 1 heterocycles. The van der Waals surface area contributed by atoms with Gasteiger partial charge in [0.2, 0.25) is 5.88 Å². The molecule has 0 bridgehead atoms. The molecule has 0 aliphatic heterocycles. The van der Waals surface area contributed by atoms with Crippen LogP contribution in [0.25, 0.3) is 0 Å². The largest absolute Gasteiger partial charge is 0.438 e. The van der Waals surface area contributed by atoms with E-state index in [0.29, 0.717) is 12.4 Å². The van der Waals surface area contributed by atoms with Crippen molar-refractivity contribution in [2.24, 2.45) is 5.73 Å². The molecule has 0 saturated heterocycles.